The van der Waals surface area contributed by atoms with E-state index in [2.05, 4.69) is 39.5 Å². The van der Waals surface area contributed by atoms with E-state index in [-0.39, 0.29) is 11.7 Å². The van der Waals surface area contributed by atoms with Crippen molar-refractivity contribution in [1.82, 2.24) is 9.97 Å². The van der Waals surface area contributed by atoms with E-state index in [0.29, 0.717) is 9.39 Å². The molecule has 1 aliphatic rings. The monoisotopic (exact) mass is 414 g/mol. The molecule has 2 aromatic rings. The number of halogens is 1. The number of aromatic nitrogens is 2. The van der Waals surface area contributed by atoms with Gasteiger partial charge in [0.1, 0.15) is 5.75 Å². The molecule has 0 radical (unpaired) electrons. The Labute approximate surface area is 140 Å². The highest BCUT2D eigenvalue weighted by molar-refractivity contribution is 14.1. The fourth-order valence-electron chi connectivity index (χ4n) is 2.23. The second-order valence-corrected chi connectivity index (χ2v) is 6.97. The summed E-state index contributed by atoms with van der Waals surface area (Å²) in [5, 5.41) is 0. The Bertz CT molecular complexity index is 717. The topological polar surface area (TPSA) is 55.0 Å². The summed E-state index contributed by atoms with van der Waals surface area (Å²) in [7, 11) is 0. The van der Waals surface area contributed by atoms with E-state index in [1.807, 2.05) is 24.3 Å². The number of nitrogens with one attached hydrogen (secondary N) is 1. The first kappa shape index (κ1) is 14.9. The van der Waals surface area contributed by atoms with E-state index in [4.69, 9.17) is 4.74 Å². The Morgan fingerprint density at radius 2 is 2.29 bits per heavy atom. The molecule has 1 aliphatic heterocycles. The second kappa shape index (κ2) is 6.39. The lowest BCUT2D eigenvalue weighted by molar-refractivity contribution is 0.209. The molecule has 6 heteroatoms. The van der Waals surface area contributed by atoms with E-state index in [1.54, 1.807) is 11.8 Å². The molecule has 0 saturated carbocycles. The number of hydrogen-bond donors (Lipinski definition) is 1. The fraction of sp³-hybridized carbons (Fsp3) is 0.333. The van der Waals surface area contributed by atoms with Crippen LogP contribution in [-0.2, 0) is 6.42 Å². The zero-order chi connectivity index (χ0) is 14.8. The summed E-state index contributed by atoms with van der Waals surface area (Å²) in [6.07, 6.45) is 1.57. The van der Waals surface area contributed by atoms with Crippen molar-refractivity contribution in [1.29, 1.82) is 0 Å². The van der Waals surface area contributed by atoms with Crippen LogP contribution in [0.25, 0.3) is 0 Å². The van der Waals surface area contributed by atoms with Crippen molar-refractivity contribution in [2.45, 2.75) is 30.8 Å². The van der Waals surface area contributed by atoms with Crippen LogP contribution in [0.4, 0.5) is 0 Å². The number of fused-ring (bicyclic) bond motifs is 1. The van der Waals surface area contributed by atoms with Crippen molar-refractivity contribution in [3.63, 3.8) is 0 Å². The Kier molecular flexibility index (Phi) is 4.54. The molecule has 1 aromatic carbocycles. The van der Waals surface area contributed by atoms with Gasteiger partial charge in [0.25, 0.3) is 5.56 Å². The van der Waals surface area contributed by atoms with Crippen molar-refractivity contribution in [3.8, 4) is 5.75 Å². The van der Waals surface area contributed by atoms with Gasteiger partial charge in [-0.25, -0.2) is 4.98 Å². The van der Waals surface area contributed by atoms with E-state index in [0.717, 1.165) is 34.9 Å². The smallest absolute Gasteiger partial charge is 0.264 e. The van der Waals surface area contributed by atoms with Gasteiger partial charge in [-0.2, -0.15) is 0 Å². The lowest BCUT2D eigenvalue weighted by Gasteiger charge is -2.25. The van der Waals surface area contributed by atoms with E-state index in [9.17, 15) is 4.79 Å². The zero-order valence-corrected chi connectivity index (χ0v) is 14.5. The number of ether oxygens (including phenoxy) is 1. The highest BCUT2D eigenvalue weighted by Gasteiger charge is 2.24. The number of para-hydroxylation sites is 1. The third kappa shape index (κ3) is 3.11. The first-order chi connectivity index (χ1) is 10.2. The van der Waals surface area contributed by atoms with Gasteiger partial charge in [-0.15, -0.1) is 11.8 Å². The number of benzene rings is 1. The summed E-state index contributed by atoms with van der Waals surface area (Å²) in [4.78, 5) is 20.7. The summed E-state index contributed by atoms with van der Waals surface area (Å²) >= 11 is 3.80. The quantitative estimate of drug-likeness (QED) is 0.781. The van der Waals surface area contributed by atoms with E-state index >= 15 is 0 Å². The van der Waals surface area contributed by atoms with Gasteiger partial charge in [-0.3, -0.25) is 4.79 Å². The van der Waals surface area contributed by atoms with Gasteiger partial charge in [0.15, 0.2) is 11.9 Å². The van der Waals surface area contributed by atoms with Gasteiger partial charge in [-0.1, -0.05) is 25.5 Å². The average molecular weight is 414 g/mol. The second-order valence-electron chi connectivity index (χ2n) is 4.83. The molecule has 0 saturated heterocycles. The van der Waals surface area contributed by atoms with Gasteiger partial charge >= 0.3 is 0 Å². The minimum absolute atomic E-state index is 0.0727. The van der Waals surface area contributed by atoms with Crippen LogP contribution in [0.3, 0.4) is 0 Å². The maximum absolute atomic E-state index is 12.1. The number of rotatable bonds is 3. The molecule has 0 bridgehead atoms. The van der Waals surface area contributed by atoms with Gasteiger partial charge in [-0.05, 0) is 41.1 Å². The normalized spacial score (nSPS) is 17.1. The number of aryl methyl sites for hydroxylation is 1. The molecule has 0 amide bonds. The third-order valence-corrected chi connectivity index (χ3v) is 5.48. The molecule has 0 fully saturated rings. The predicted octanol–water partition coefficient (Wildman–Crippen LogP) is 3.55. The Hall–Kier alpha value is -1.02. The summed E-state index contributed by atoms with van der Waals surface area (Å²) in [5.74, 6) is 2.24. The number of H-pyrrole nitrogens is 1. The molecule has 2 heterocycles. The predicted molar refractivity (Wildman–Crippen MR) is 92.1 cm³/mol. The summed E-state index contributed by atoms with van der Waals surface area (Å²) in [6.45, 7) is 2.09. The number of hydrogen-bond acceptors (Lipinski definition) is 4. The minimum Gasteiger partial charge on any atom is -0.480 e. The molecule has 3 rings (SSSR count). The molecule has 0 spiro atoms. The number of thioether (sulfide) groups is 1. The maximum atomic E-state index is 12.1. The van der Waals surface area contributed by atoms with Crippen LogP contribution >= 0.6 is 34.4 Å². The number of aromatic amines is 1. The van der Waals surface area contributed by atoms with Crippen LogP contribution in [-0.4, -0.2) is 15.7 Å². The van der Waals surface area contributed by atoms with Gasteiger partial charge in [0.2, 0.25) is 0 Å². The van der Waals surface area contributed by atoms with Crippen molar-refractivity contribution < 1.29 is 4.74 Å². The van der Waals surface area contributed by atoms with Crippen LogP contribution < -0.4 is 10.3 Å². The van der Waals surface area contributed by atoms with Crippen LogP contribution in [0.15, 0.2) is 34.0 Å². The molecule has 110 valence electrons. The fourth-order valence-corrected chi connectivity index (χ4v) is 3.75. The van der Waals surface area contributed by atoms with Crippen molar-refractivity contribution in [3.05, 3.63) is 49.7 Å². The lowest BCUT2D eigenvalue weighted by Crippen LogP contribution is -2.24. The van der Waals surface area contributed by atoms with Crippen LogP contribution in [0.5, 0.6) is 5.75 Å². The third-order valence-electron chi connectivity index (χ3n) is 3.25. The molecule has 1 N–H and O–H groups in total. The van der Waals surface area contributed by atoms with Gasteiger partial charge in [0.05, 0.1) is 9.26 Å². The SMILES string of the molecule is CCCc1nc(C2CSc3ccccc3O2)[nH]c(=O)c1I. The highest BCUT2D eigenvalue weighted by Crippen LogP contribution is 2.39. The van der Waals surface area contributed by atoms with Crippen molar-refractivity contribution >= 4 is 34.4 Å². The number of nitrogens with zero attached hydrogens (tertiary/aromatic N) is 1. The van der Waals surface area contributed by atoms with Crippen LogP contribution in [0, 0.1) is 3.57 Å². The molecule has 1 aromatic heterocycles. The summed E-state index contributed by atoms with van der Waals surface area (Å²) in [6, 6.07) is 7.95. The summed E-state index contributed by atoms with van der Waals surface area (Å²) in [5.41, 5.74) is 0.792. The molecule has 4 nitrogen and oxygen atoms in total. The van der Waals surface area contributed by atoms with Crippen molar-refractivity contribution in [2.24, 2.45) is 0 Å². The Morgan fingerprint density at radius 3 is 3.10 bits per heavy atom. The van der Waals surface area contributed by atoms with Gasteiger partial charge in [0, 0.05) is 10.6 Å². The van der Waals surface area contributed by atoms with Crippen molar-refractivity contribution in [2.75, 3.05) is 5.75 Å². The van der Waals surface area contributed by atoms with E-state index < -0.39 is 0 Å². The molecule has 1 atom stereocenters. The first-order valence-corrected chi connectivity index (χ1v) is 8.92. The zero-order valence-electron chi connectivity index (χ0n) is 11.6. The largest absolute Gasteiger partial charge is 0.480 e. The maximum Gasteiger partial charge on any atom is 0.264 e. The lowest BCUT2D eigenvalue weighted by atomic mass is 10.2. The van der Waals surface area contributed by atoms with Crippen LogP contribution in [0.2, 0.25) is 0 Å². The average Bonchev–Trinajstić information content (AvgIpc) is 2.51. The molecule has 0 aliphatic carbocycles. The highest BCUT2D eigenvalue weighted by atomic mass is 127. The minimum atomic E-state index is -0.204. The molecule has 21 heavy (non-hydrogen) atoms. The van der Waals surface area contributed by atoms with E-state index in [1.165, 1.54) is 0 Å². The summed E-state index contributed by atoms with van der Waals surface area (Å²) < 4.78 is 6.67. The first-order valence-electron chi connectivity index (χ1n) is 6.86. The Balaban J connectivity index is 1.93. The molecular weight excluding hydrogens is 399 g/mol. The van der Waals surface area contributed by atoms with Crippen LogP contribution in [0.1, 0.15) is 31.0 Å². The molecule has 1 unspecified atom stereocenters. The standard InChI is InChI=1S/C15H15IN2O2S/c1-2-5-9-13(16)15(19)18-14(17-9)11-8-21-12-7-4-3-6-10(12)20-11/h3-4,6-7,11H,2,5,8H2,1H3,(H,17,18,19). The Morgan fingerprint density at radius 1 is 1.48 bits per heavy atom. The molecular formula is C15H15IN2O2S. The van der Waals surface area contributed by atoms with Gasteiger partial charge < -0.3 is 9.72 Å².